The van der Waals surface area contributed by atoms with Gasteiger partial charge in [0.1, 0.15) is 5.82 Å². The second-order valence-corrected chi connectivity index (χ2v) is 6.86. The maximum Gasteiger partial charge on any atom is 0.234 e. The van der Waals surface area contributed by atoms with Crippen molar-refractivity contribution in [3.63, 3.8) is 0 Å². The SMILES string of the molecule is COCCNc1nnc(SCC(=O)Nc2ccc(F)cc2Cl)s1. The number of anilines is 2. The Morgan fingerprint density at radius 1 is 1.48 bits per heavy atom. The third-order valence-corrected chi connectivity index (χ3v) is 4.85. The number of halogens is 2. The monoisotopic (exact) mass is 376 g/mol. The Morgan fingerprint density at radius 3 is 3.04 bits per heavy atom. The fourth-order valence-electron chi connectivity index (χ4n) is 1.50. The van der Waals surface area contributed by atoms with Crippen LogP contribution in [0.2, 0.25) is 5.02 Å². The molecule has 0 atom stereocenters. The zero-order valence-corrected chi connectivity index (χ0v) is 14.5. The molecule has 0 saturated carbocycles. The zero-order chi connectivity index (χ0) is 16.7. The van der Waals surface area contributed by atoms with Gasteiger partial charge in [-0.3, -0.25) is 4.79 Å². The van der Waals surface area contributed by atoms with Crippen molar-refractivity contribution in [1.82, 2.24) is 10.2 Å². The highest BCUT2D eigenvalue weighted by atomic mass is 35.5. The van der Waals surface area contributed by atoms with Crippen LogP contribution in [0.4, 0.5) is 15.2 Å². The van der Waals surface area contributed by atoms with Gasteiger partial charge in [0.2, 0.25) is 11.0 Å². The molecule has 124 valence electrons. The molecule has 0 unspecified atom stereocenters. The molecule has 0 aliphatic heterocycles. The summed E-state index contributed by atoms with van der Waals surface area (Å²) in [6, 6.07) is 3.80. The number of carbonyl (C=O) groups is 1. The molecule has 1 amide bonds. The van der Waals surface area contributed by atoms with E-state index < -0.39 is 5.82 Å². The normalized spacial score (nSPS) is 10.6. The average Bonchev–Trinajstić information content (AvgIpc) is 2.96. The molecule has 0 bridgehead atoms. The maximum absolute atomic E-state index is 12.9. The van der Waals surface area contributed by atoms with Crippen LogP contribution in [0.15, 0.2) is 22.5 Å². The van der Waals surface area contributed by atoms with E-state index in [1.54, 1.807) is 7.11 Å². The molecule has 0 radical (unpaired) electrons. The van der Waals surface area contributed by atoms with Gasteiger partial charge in [0, 0.05) is 13.7 Å². The van der Waals surface area contributed by atoms with Gasteiger partial charge >= 0.3 is 0 Å². The van der Waals surface area contributed by atoms with Crippen LogP contribution in [-0.4, -0.2) is 42.1 Å². The Kier molecular flexibility index (Phi) is 7.03. The Morgan fingerprint density at radius 2 is 2.30 bits per heavy atom. The first-order valence-corrected chi connectivity index (χ1v) is 8.70. The highest BCUT2D eigenvalue weighted by Crippen LogP contribution is 2.26. The molecular formula is C13H14ClFN4O2S2. The van der Waals surface area contributed by atoms with Crippen molar-refractivity contribution in [2.24, 2.45) is 0 Å². The first-order valence-electron chi connectivity index (χ1n) is 6.52. The second kappa shape index (κ2) is 9.02. The van der Waals surface area contributed by atoms with Crippen LogP contribution < -0.4 is 10.6 Å². The maximum atomic E-state index is 12.9. The van der Waals surface area contributed by atoms with Gasteiger partial charge in [0.05, 0.1) is 23.1 Å². The number of aromatic nitrogens is 2. The fraction of sp³-hybridized carbons (Fsp3) is 0.308. The lowest BCUT2D eigenvalue weighted by atomic mass is 10.3. The summed E-state index contributed by atoms with van der Waals surface area (Å²) >= 11 is 8.47. The summed E-state index contributed by atoms with van der Waals surface area (Å²) in [4.78, 5) is 11.9. The quantitative estimate of drug-likeness (QED) is 0.544. The van der Waals surface area contributed by atoms with E-state index in [2.05, 4.69) is 20.8 Å². The van der Waals surface area contributed by atoms with E-state index in [1.165, 1.54) is 35.2 Å². The number of rotatable bonds is 8. The van der Waals surface area contributed by atoms with Crippen molar-refractivity contribution in [2.45, 2.75) is 4.34 Å². The van der Waals surface area contributed by atoms with Crippen LogP contribution in [0.5, 0.6) is 0 Å². The lowest BCUT2D eigenvalue weighted by Crippen LogP contribution is -2.14. The topological polar surface area (TPSA) is 76.1 Å². The molecule has 2 aromatic rings. The number of thioether (sulfide) groups is 1. The molecule has 0 fully saturated rings. The number of carbonyl (C=O) groups excluding carboxylic acids is 1. The van der Waals surface area contributed by atoms with Crippen molar-refractivity contribution in [3.05, 3.63) is 29.0 Å². The summed E-state index contributed by atoms with van der Waals surface area (Å²) in [6.45, 7) is 1.21. The molecule has 2 N–H and O–H groups in total. The Hall–Kier alpha value is -1.42. The van der Waals surface area contributed by atoms with Gasteiger partial charge in [-0.1, -0.05) is 34.7 Å². The van der Waals surface area contributed by atoms with Gasteiger partial charge in [-0.15, -0.1) is 10.2 Å². The summed E-state index contributed by atoms with van der Waals surface area (Å²) in [5, 5.41) is 14.4. The molecule has 1 heterocycles. The third kappa shape index (κ3) is 5.94. The molecule has 0 spiro atoms. The average molecular weight is 377 g/mol. The van der Waals surface area contributed by atoms with E-state index in [0.29, 0.717) is 28.3 Å². The lowest BCUT2D eigenvalue weighted by Gasteiger charge is -2.06. The van der Waals surface area contributed by atoms with Crippen LogP contribution in [0.25, 0.3) is 0 Å². The van der Waals surface area contributed by atoms with E-state index >= 15 is 0 Å². The minimum absolute atomic E-state index is 0.153. The van der Waals surface area contributed by atoms with E-state index in [4.69, 9.17) is 16.3 Å². The summed E-state index contributed by atoms with van der Waals surface area (Å²) in [7, 11) is 1.62. The predicted molar refractivity (Wildman–Crippen MR) is 91.0 cm³/mol. The number of hydrogen-bond donors (Lipinski definition) is 2. The van der Waals surface area contributed by atoms with Gasteiger partial charge in [-0.05, 0) is 18.2 Å². The van der Waals surface area contributed by atoms with Crippen molar-refractivity contribution < 1.29 is 13.9 Å². The van der Waals surface area contributed by atoms with Crippen LogP contribution in [0.1, 0.15) is 0 Å². The largest absolute Gasteiger partial charge is 0.383 e. The first-order chi connectivity index (χ1) is 11.1. The molecule has 23 heavy (non-hydrogen) atoms. The summed E-state index contributed by atoms with van der Waals surface area (Å²) in [6.07, 6.45) is 0. The Bertz CT molecular complexity index is 671. The first kappa shape index (κ1) is 17.9. The van der Waals surface area contributed by atoms with Gasteiger partial charge in [-0.2, -0.15) is 0 Å². The number of benzene rings is 1. The molecule has 2 rings (SSSR count). The van der Waals surface area contributed by atoms with Gasteiger partial charge < -0.3 is 15.4 Å². The number of ether oxygens (including phenoxy) is 1. The van der Waals surface area contributed by atoms with Crippen LogP contribution in [-0.2, 0) is 9.53 Å². The molecule has 1 aromatic carbocycles. The molecule has 6 nitrogen and oxygen atoms in total. The highest BCUT2D eigenvalue weighted by Gasteiger charge is 2.10. The molecule has 10 heteroatoms. The summed E-state index contributed by atoms with van der Waals surface area (Å²) in [5.74, 6) is -0.558. The number of nitrogens with zero attached hydrogens (tertiary/aromatic N) is 2. The number of methoxy groups -OCH3 is 1. The van der Waals surface area contributed by atoms with Crippen molar-refractivity contribution in [2.75, 3.05) is 36.6 Å². The molecule has 0 saturated heterocycles. The smallest absolute Gasteiger partial charge is 0.234 e. The fourth-order valence-corrected chi connectivity index (χ4v) is 3.30. The van der Waals surface area contributed by atoms with E-state index in [-0.39, 0.29) is 16.7 Å². The predicted octanol–water partition coefficient (Wildman–Crippen LogP) is 3.12. The lowest BCUT2D eigenvalue weighted by molar-refractivity contribution is -0.113. The van der Waals surface area contributed by atoms with Crippen LogP contribution in [0, 0.1) is 5.82 Å². The highest BCUT2D eigenvalue weighted by molar-refractivity contribution is 8.01. The van der Waals surface area contributed by atoms with Gasteiger partial charge in [0.25, 0.3) is 0 Å². The zero-order valence-electron chi connectivity index (χ0n) is 12.1. The van der Waals surface area contributed by atoms with Gasteiger partial charge in [-0.25, -0.2) is 4.39 Å². The Labute approximate surface area is 145 Å². The second-order valence-electron chi connectivity index (χ2n) is 4.25. The van der Waals surface area contributed by atoms with Crippen molar-refractivity contribution in [1.29, 1.82) is 0 Å². The molecule has 0 aliphatic rings. The summed E-state index contributed by atoms with van der Waals surface area (Å²) < 4.78 is 18.5. The van der Waals surface area contributed by atoms with Crippen LogP contribution in [0.3, 0.4) is 0 Å². The van der Waals surface area contributed by atoms with Crippen LogP contribution >= 0.6 is 34.7 Å². The minimum atomic E-state index is -0.454. The summed E-state index contributed by atoms with van der Waals surface area (Å²) in [5.41, 5.74) is 0.373. The van der Waals surface area contributed by atoms with Crippen molar-refractivity contribution >= 4 is 51.4 Å². The standard InChI is InChI=1S/C13H14ClFN4O2S2/c1-21-5-4-16-12-18-19-13(23-12)22-7-11(20)17-10-3-2-8(15)6-9(10)14/h2-3,6H,4-5,7H2,1H3,(H,16,18)(H,17,20). The molecular weight excluding hydrogens is 363 g/mol. The number of amides is 1. The third-order valence-electron chi connectivity index (χ3n) is 2.52. The minimum Gasteiger partial charge on any atom is -0.383 e. The van der Waals surface area contributed by atoms with Gasteiger partial charge in [0.15, 0.2) is 4.34 Å². The molecule has 0 aliphatic carbocycles. The van der Waals surface area contributed by atoms with E-state index in [1.807, 2.05) is 0 Å². The van der Waals surface area contributed by atoms with E-state index in [9.17, 15) is 9.18 Å². The van der Waals surface area contributed by atoms with E-state index in [0.717, 1.165) is 6.07 Å². The number of hydrogen-bond acceptors (Lipinski definition) is 7. The number of nitrogens with one attached hydrogen (secondary N) is 2. The Balaban J connectivity index is 1.80. The van der Waals surface area contributed by atoms with Crippen molar-refractivity contribution in [3.8, 4) is 0 Å². The molecule has 1 aromatic heterocycles.